The Hall–Kier alpha value is -3.12. The second-order valence-corrected chi connectivity index (χ2v) is 9.08. The fourth-order valence-corrected chi connectivity index (χ4v) is 4.63. The Kier molecular flexibility index (Phi) is 6.54. The molecule has 1 aliphatic heterocycles. The van der Waals surface area contributed by atoms with Crippen molar-refractivity contribution in [2.24, 2.45) is 11.8 Å². The van der Waals surface area contributed by atoms with E-state index in [9.17, 15) is 35.9 Å². The average Bonchev–Trinajstić information content (AvgIpc) is 2.75. The molecule has 3 heterocycles. The van der Waals surface area contributed by atoms with Crippen LogP contribution in [0, 0.1) is 11.8 Å². The molecule has 1 saturated heterocycles. The molecule has 0 unspecified atom stereocenters. The predicted octanol–water partition coefficient (Wildman–Crippen LogP) is 3.51. The molecular formula is C22H23F6N5O2. The smallest absolute Gasteiger partial charge is 0.337 e. The molecule has 13 heteroatoms. The third-order valence-electron chi connectivity index (χ3n) is 6.54. The number of halogens is 6. The maximum absolute atomic E-state index is 13.0. The van der Waals surface area contributed by atoms with E-state index < -0.39 is 29.0 Å². The largest absolute Gasteiger partial charge is 0.421 e. The molecule has 1 atom stereocenters. The van der Waals surface area contributed by atoms with Crippen molar-refractivity contribution in [1.29, 1.82) is 0 Å². The maximum Gasteiger partial charge on any atom is 0.421 e. The highest BCUT2D eigenvalue weighted by atomic mass is 19.4. The van der Waals surface area contributed by atoms with E-state index in [-0.39, 0.29) is 29.7 Å². The Morgan fingerprint density at radius 1 is 1.09 bits per heavy atom. The van der Waals surface area contributed by atoms with Crippen LogP contribution in [0.2, 0.25) is 0 Å². The Balaban J connectivity index is 1.30. The zero-order valence-corrected chi connectivity index (χ0v) is 18.7. The van der Waals surface area contributed by atoms with Crippen molar-refractivity contribution in [1.82, 2.24) is 19.9 Å². The van der Waals surface area contributed by atoms with Crippen LogP contribution in [0.25, 0.3) is 0 Å². The topological polar surface area (TPSA) is 82.2 Å². The van der Waals surface area contributed by atoms with Gasteiger partial charge >= 0.3 is 12.4 Å². The normalized spacial score (nSPS) is 23.2. The number of alkyl halides is 6. The van der Waals surface area contributed by atoms with Crippen LogP contribution in [0.3, 0.4) is 0 Å². The van der Waals surface area contributed by atoms with Gasteiger partial charge in [-0.2, -0.15) is 26.3 Å². The Labute approximate surface area is 196 Å². The number of nitrogens with zero attached hydrogens (tertiary/aromatic N) is 4. The van der Waals surface area contributed by atoms with Gasteiger partial charge in [0.05, 0.1) is 5.56 Å². The number of aromatic amines is 1. The molecule has 2 fully saturated rings. The number of nitrogens with one attached hydrogen (secondary N) is 1. The van der Waals surface area contributed by atoms with E-state index in [1.54, 1.807) is 9.80 Å². The zero-order chi connectivity index (χ0) is 25.5. The van der Waals surface area contributed by atoms with E-state index in [0.717, 1.165) is 18.5 Å². The van der Waals surface area contributed by atoms with E-state index in [1.165, 1.54) is 6.20 Å². The lowest BCUT2D eigenvalue weighted by atomic mass is 9.71. The minimum absolute atomic E-state index is 0.0353. The number of piperazine rings is 1. The number of anilines is 1. The van der Waals surface area contributed by atoms with Crippen molar-refractivity contribution in [3.05, 3.63) is 51.7 Å². The van der Waals surface area contributed by atoms with Crippen LogP contribution < -0.4 is 10.5 Å². The molecule has 2 aromatic rings. The summed E-state index contributed by atoms with van der Waals surface area (Å²) < 4.78 is 77.0. The number of rotatable bonds is 4. The van der Waals surface area contributed by atoms with Crippen LogP contribution in [0.5, 0.6) is 0 Å². The van der Waals surface area contributed by atoms with Crippen molar-refractivity contribution < 1.29 is 31.1 Å². The first-order valence-electron chi connectivity index (χ1n) is 11.1. The molecule has 2 aromatic heterocycles. The van der Waals surface area contributed by atoms with Crippen molar-refractivity contribution in [3.63, 3.8) is 0 Å². The lowest BCUT2D eigenvalue weighted by molar-refractivity contribution is -0.142. The van der Waals surface area contributed by atoms with E-state index in [1.807, 2.05) is 6.92 Å². The Morgan fingerprint density at radius 3 is 2.31 bits per heavy atom. The van der Waals surface area contributed by atoms with Crippen LogP contribution in [-0.2, 0) is 23.6 Å². The predicted molar refractivity (Wildman–Crippen MR) is 112 cm³/mol. The number of aromatic nitrogens is 3. The highest BCUT2D eigenvalue weighted by Gasteiger charge is 2.40. The highest BCUT2D eigenvalue weighted by molar-refractivity contribution is 5.80. The molecule has 4 rings (SSSR count). The van der Waals surface area contributed by atoms with E-state index in [2.05, 4.69) is 15.0 Å². The molecule has 0 radical (unpaired) electrons. The van der Waals surface area contributed by atoms with E-state index in [0.29, 0.717) is 44.5 Å². The van der Waals surface area contributed by atoms with E-state index >= 15 is 0 Å². The first-order chi connectivity index (χ1) is 16.3. The Bertz CT molecular complexity index is 1120. The van der Waals surface area contributed by atoms with Gasteiger partial charge in [0.2, 0.25) is 11.9 Å². The van der Waals surface area contributed by atoms with Crippen LogP contribution in [-0.4, -0.2) is 51.4 Å². The lowest BCUT2D eigenvalue weighted by Gasteiger charge is -2.44. The fraction of sp³-hybridized carbons (Fsp3) is 0.545. The standard InChI is InChI=1S/C22H23F6N5O2/c1-12-11-32(20-30-9-16(10-31-20)21(23,24)25)2-3-33(12)19(35)15-5-13(6-15)4-14-7-17(22(26,27)28)18(34)29-8-14/h7-10,12-13,15H,2-6,11H2,1H3,(H,29,34)/t12-,13?,15?/m1/s1. The summed E-state index contributed by atoms with van der Waals surface area (Å²) in [5.41, 5.74) is -2.98. The summed E-state index contributed by atoms with van der Waals surface area (Å²) in [6, 6.07) is 0.647. The molecule has 1 N–H and O–H groups in total. The molecule has 7 nitrogen and oxygen atoms in total. The van der Waals surface area contributed by atoms with Crippen LogP contribution in [0.15, 0.2) is 29.5 Å². The molecule has 0 bridgehead atoms. The van der Waals surface area contributed by atoms with Gasteiger partial charge < -0.3 is 14.8 Å². The van der Waals surface area contributed by atoms with Gasteiger partial charge in [-0.25, -0.2) is 9.97 Å². The van der Waals surface area contributed by atoms with Crippen molar-refractivity contribution >= 4 is 11.9 Å². The van der Waals surface area contributed by atoms with Crippen molar-refractivity contribution in [3.8, 4) is 0 Å². The molecule has 0 aromatic carbocycles. The highest BCUT2D eigenvalue weighted by Crippen LogP contribution is 2.38. The molecule has 1 aliphatic carbocycles. The monoisotopic (exact) mass is 503 g/mol. The van der Waals surface area contributed by atoms with Crippen molar-refractivity contribution in [2.75, 3.05) is 24.5 Å². The summed E-state index contributed by atoms with van der Waals surface area (Å²) in [7, 11) is 0. The number of hydrogen-bond donors (Lipinski definition) is 1. The van der Waals surface area contributed by atoms with Gasteiger partial charge in [-0.3, -0.25) is 9.59 Å². The minimum Gasteiger partial charge on any atom is -0.337 e. The second kappa shape index (κ2) is 9.15. The second-order valence-electron chi connectivity index (χ2n) is 9.08. The number of carbonyl (C=O) groups excluding carboxylic acids is 1. The van der Waals surface area contributed by atoms with Gasteiger partial charge in [-0.05, 0) is 43.7 Å². The molecule has 35 heavy (non-hydrogen) atoms. The van der Waals surface area contributed by atoms with Gasteiger partial charge in [-0.1, -0.05) is 0 Å². The number of H-pyrrole nitrogens is 1. The maximum atomic E-state index is 13.0. The first-order valence-corrected chi connectivity index (χ1v) is 11.1. The summed E-state index contributed by atoms with van der Waals surface area (Å²) in [6.07, 6.45) is -5.10. The van der Waals surface area contributed by atoms with Gasteiger partial charge in [0, 0.05) is 50.2 Å². The quantitative estimate of drug-likeness (QED) is 0.646. The van der Waals surface area contributed by atoms with Crippen LogP contribution >= 0.6 is 0 Å². The Morgan fingerprint density at radius 2 is 1.74 bits per heavy atom. The van der Waals surface area contributed by atoms with E-state index in [4.69, 9.17) is 0 Å². The molecular weight excluding hydrogens is 480 g/mol. The first kappa shape index (κ1) is 25.0. The van der Waals surface area contributed by atoms with Gasteiger partial charge in [0.1, 0.15) is 5.56 Å². The summed E-state index contributed by atoms with van der Waals surface area (Å²) in [4.78, 5) is 37.6. The van der Waals surface area contributed by atoms with Gasteiger partial charge in [-0.15, -0.1) is 0 Å². The number of hydrogen-bond acceptors (Lipinski definition) is 5. The summed E-state index contributed by atoms with van der Waals surface area (Å²) in [5, 5.41) is 0. The fourth-order valence-electron chi connectivity index (χ4n) is 4.63. The average molecular weight is 503 g/mol. The third kappa shape index (κ3) is 5.43. The van der Waals surface area contributed by atoms with Crippen LogP contribution in [0.1, 0.15) is 36.5 Å². The van der Waals surface area contributed by atoms with Crippen LogP contribution in [0.4, 0.5) is 32.3 Å². The SMILES string of the molecule is C[C@@H]1CN(c2ncc(C(F)(F)F)cn2)CCN1C(=O)C1CC(Cc2c[nH]c(=O)c(C(F)(F)F)c2)C1. The van der Waals surface area contributed by atoms with Gasteiger partial charge in [0.15, 0.2) is 0 Å². The number of pyridine rings is 1. The molecule has 2 aliphatic rings. The summed E-state index contributed by atoms with van der Waals surface area (Å²) >= 11 is 0. The lowest BCUT2D eigenvalue weighted by Crippen LogP contribution is -2.57. The molecule has 190 valence electrons. The third-order valence-corrected chi connectivity index (χ3v) is 6.54. The van der Waals surface area contributed by atoms with Crippen molar-refractivity contribution in [2.45, 2.75) is 44.6 Å². The minimum atomic E-state index is -4.73. The number of amides is 1. The zero-order valence-electron chi connectivity index (χ0n) is 18.7. The summed E-state index contributed by atoms with van der Waals surface area (Å²) in [6.45, 7) is 2.93. The molecule has 1 saturated carbocycles. The molecule has 1 amide bonds. The summed E-state index contributed by atoms with van der Waals surface area (Å²) in [5.74, 6) is -0.0757. The van der Waals surface area contributed by atoms with Gasteiger partial charge in [0.25, 0.3) is 5.56 Å². The molecule has 0 spiro atoms. The number of carbonyl (C=O) groups is 1.